The van der Waals surface area contributed by atoms with Crippen molar-refractivity contribution in [1.29, 1.82) is 0 Å². The van der Waals surface area contributed by atoms with Crippen molar-refractivity contribution in [2.75, 3.05) is 13.6 Å². The van der Waals surface area contributed by atoms with Crippen molar-refractivity contribution in [3.8, 4) is 0 Å². The summed E-state index contributed by atoms with van der Waals surface area (Å²) in [5.41, 5.74) is 0.257. The third kappa shape index (κ3) is 4.99. The maximum atomic E-state index is 13.5. The monoisotopic (exact) mass is 339 g/mol. The molecule has 0 bridgehead atoms. The van der Waals surface area contributed by atoms with E-state index in [9.17, 15) is 18.4 Å². The number of likely N-dealkylation sites (tertiary alicyclic amines) is 1. The molecular weight excluding hydrogens is 316 g/mol. The SMILES string of the molecule is CC(=O)NC[C@H]1CC[C@@H](CC(=O)NCc2ccc(F)cc2F)N1C. The highest BCUT2D eigenvalue weighted by molar-refractivity contribution is 5.76. The first-order chi connectivity index (χ1) is 11.4. The molecule has 0 radical (unpaired) electrons. The summed E-state index contributed by atoms with van der Waals surface area (Å²) >= 11 is 0. The quantitative estimate of drug-likeness (QED) is 0.827. The zero-order valence-electron chi connectivity index (χ0n) is 13.9. The lowest BCUT2D eigenvalue weighted by atomic mass is 10.1. The van der Waals surface area contributed by atoms with Crippen LogP contribution in [-0.2, 0) is 16.1 Å². The predicted octanol–water partition coefficient (Wildman–Crippen LogP) is 1.57. The predicted molar refractivity (Wildman–Crippen MR) is 86.1 cm³/mol. The number of benzene rings is 1. The molecule has 1 aromatic rings. The smallest absolute Gasteiger partial charge is 0.221 e. The zero-order valence-corrected chi connectivity index (χ0v) is 13.9. The lowest BCUT2D eigenvalue weighted by Crippen LogP contribution is -2.42. The van der Waals surface area contributed by atoms with Gasteiger partial charge >= 0.3 is 0 Å². The molecule has 7 heteroatoms. The van der Waals surface area contributed by atoms with Gasteiger partial charge in [0.25, 0.3) is 0 Å². The Balaban J connectivity index is 1.79. The number of likely N-dealkylation sites (N-methyl/N-ethyl adjacent to an activating group) is 1. The summed E-state index contributed by atoms with van der Waals surface area (Å²) in [7, 11) is 1.94. The van der Waals surface area contributed by atoms with Crippen molar-refractivity contribution in [3.63, 3.8) is 0 Å². The van der Waals surface area contributed by atoms with Gasteiger partial charge in [-0.1, -0.05) is 6.07 Å². The van der Waals surface area contributed by atoms with Crippen LogP contribution in [0.4, 0.5) is 8.78 Å². The van der Waals surface area contributed by atoms with Crippen LogP contribution in [0.1, 0.15) is 31.7 Å². The van der Waals surface area contributed by atoms with Gasteiger partial charge in [-0.2, -0.15) is 0 Å². The standard InChI is InChI=1S/C17H23F2N3O2/c1-11(23)20-10-15-6-5-14(22(15)2)8-17(24)21-9-12-3-4-13(18)7-16(12)19/h3-4,7,14-15H,5-6,8-10H2,1-2H3,(H,20,23)(H,21,24)/t14-,15+/m0/s1. The highest BCUT2D eigenvalue weighted by atomic mass is 19.1. The van der Waals surface area contributed by atoms with Crippen molar-refractivity contribution in [3.05, 3.63) is 35.4 Å². The summed E-state index contributed by atoms with van der Waals surface area (Å²) in [4.78, 5) is 25.2. The number of halogens is 2. The van der Waals surface area contributed by atoms with E-state index in [4.69, 9.17) is 0 Å². The first-order valence-electron chi connectivity index (χ1n) is 8.04. The van der Waals surface area contributed by atoms with Crippen LogP contribution in [0.2, 0.25) is 0 Å². The van der Waals surface area contributed by atoms with Gasteiger partial charge in [-0.05, 0) is 26.0 Å². The summed E-state index contributed by atoms with van der Waals surface area (Å²) in [5, 5.41) is 5.47. The van der Waals surface area contributed by atoms with Crippen LogP contribution < -0.4 is 10.6 Å². The van der Waals surface area contributed by atoms with Gasteiger partial charge in [-0.3, -0.25) is 14.5 Å². The molecule has 0 saturated carbocycles. The fourth-order valence-corrected chi connectivity index (χ4v) is 2.99. The minimum atomic E-state index is -0.663. The van der Waals surface area contributed by atoms with Crippen molar-refractivity contribution < 1.29 is 18.4 Å². The van der Waals surface area contributed by atoms with Crippen molar-refractivity contribution in [2.45, 2.75) is 44.8 Å². The van der Waals surface area contributed by atoms with E-state index in [0.717, 1.165) is 18.9 Å². The van der Waals surface area contributed by atoms with Crippen molar-refractivity contribution in [2.24, 2.45) is 0 Å². The second-order valence-corrected chi connectivity index (χ2v) is 6.20. The summed E-state index contributed by atoms with van der Waals surface area (Å²) in [6, 6.07) is 3.62. The maximum absolute atomic E-state index is 13.5. The Kier molecular flexibility index (Phi) is 6.25. The Morgan fingerprint density at radius 3 is 2.58 bits per heavy atom. The van der Waals surface area contributed by atoms with E-state index in [2.05, 4.69) is 15.5 Å². The number of carbonyl (C=O) groups excluding carboxylic acids is 2. The largest absolute Gasteiger partial charge is 0.355 e. The maximum Gasteiger partial charge on any atom is 0.221 e. The van der Waals surface area contributed by atoms with Gasteiger partial charge in [0, 0.05) is 50.1 Å². The van der Waals surface area contributed by atoms with E-state index >= 15 is 0 Å². The van der Waals surface area contributed by atoms with E-state index in [1.54, 1.807) is 0 Å². The molecule has 1 aliphatic rings. The lowest BCUT2D eigenvalue weighted by Gasteiger charge is -2.25. The summed E-state index contributed by atoms with van der Waals surface area (Å²) < 4.78 is 26.4. The van der Waals surface area contributed by atoms with Crippen LogP contribution >= 0.6 is 0 Å². The average molecular weight is 339 g/mol. The molecule has 1 heterocycles. The molecule has 1 fully saturated rings. The molecule has 2 rings (SSSR count). The number of carbonyl (C=O) groups is 2. The Bertz CT molecular complexity index is 609. The van der Waals surface area contributed by atoms with Gasteiger partial charge in [0.15, 0.2) is 0 Å². The average Bonchev–Trinajstić information content (AvgIpc) is 2.85. The molecule has 0 spiro atoms. The lowest BCUT2D eigenvalue weighted by molar-refractivity contribution is -0.122. The van der Waals surface area contributed by atoms with Crippen LogP contribution in [0.15, 0.2) is 18.2 Å². The summed E-state index contributed by atoms with van der Waals surface area (Å²) in [6.07, 6.45) is 2.11. The van der Waals surface area contributed by atoms with E-state index in [0.29, 0.717) is 13.0 Å². The molecule has 5 nitrogen and oxygen atoms in total. The molecule has 24 heavy (non-hydrogen) atoms. The molecule has 2 atom stereocenters. The van der Waals surface area contributed by atoms with Crippen molar-refractivity contribution in [1.82, 2.24) is 15.5 Å². The molecule has 1 aromatic carbocycles. The third-order valence-electron chi connectivity index (χ3n) is 4.48. The molecule has 1 aliphatic heterocycles. The molecule has 0 unspecified atom stereocenters. The number of amides is 2. The Labute approximate surface area is 140 Å². The van der Waals surface area contributed by atoms with Gasteiger partial charge in [-0.25, -0.2) is 8.78 Å². The van der Waals surface area contributed by atoms with Crippen LogP contribution in [0.25, 0.3) is 0 Å². The van der Waals surface area contributed by atoms with E-state index in [-0.39, 0.29) is 36.0 Å². The van der Waals surface area contributed by atoms with Crippen LogP contribution in [0.3, 0.4) is 0 Å². The second-order valence-electron chi connectivity index (χ2n) is 6.20. The topological polar surface area (TPSA) is 61.4 Å². The molecule has 0 aliphatic carbocycles. The van der Waals surface area contributed by atoms with Crippen LogP contribution in [0.5, 0.6) is 0 Å². The van der Waals surface area contributed by atoms with Crippen LogP contribution in [-0.4, -0.2) is 42.4 Å². The molecule has 1 saturated heterocycles. The van der Waals surface area contributed by atoms with E-state index < -0.39 is 11.6 Å². The number of hydrogen-bond donors (Lipinski definition) is 2. The third-order valence-corrected chi connectivity index (χ3v) is 4.48. The molecule has 0 aromatic heterocycles. The molecule has 2 N–H and O–H groups in total. The van der Waals surface area contributed by atoms with E-state index in [1.165, 1.54) is 19.1 Å². The van der Waals surface area contributed by atoms with Gasteiger partial charge in [0.05, 0.1) is 0 Å². The van der Waals surface area contributed by atoms with E-state index in [1.807, 2.05) is 7.05 Å². The number of hydrogen-bond acceptors (Lipinski definition) is 3. The Morgan fingerprint density at radius 1 is 1.21 bits per heavy atom. The molecule has 132 valence electrons. The number of nitrogens with zero attached hydrogens (tertiary/aromatic N) is 1. The molecule has 2 amide bonds. The Hall–Kier alpha value is -2.02. The fraction of sp³-hybridized carbons (Fsp3) is 0.529. The number of nitrogens with one attached hydrogen (secondary N) is 2. The van der Waals surface area contributed by atoms with Gasteiger partial charge < -0.3 is 10.6 Å². The highest BCUT2D eigenvalue weighted by Crippen LogP contribution is 2.24. The first kappa shape index (κ1) is 18.3. The zero-order chi connectivity index (χ0) is 17.7. The first-order valence-corrected chi connectivity index (χ1v) is 8.04. The minimum absolute atomic E-state index is 0.0384. The second kappa shape index (κ2) is 8.19. The van der Waals surface area contributed by atoms with Gasteiger partial charge in [0.2, 0.25) is 11.8 Å². The fourth-order valence-electron chi connectivity index (χ4n) is 2.99. The van der Waals surface area contributed by atoms with Crippen LogP contribution in [0, 0.1) is 11.6 Å². The van der Waals surface area contributed by atoms with Crippen molar-refractivity contribution >= 4 is 11.8 Å². The highest BCUT2D eigenvalue weighted by Gasteiger charge is 2.31. The minimum Gasteiger partial charge on any atom is -0.355 e. The van der Waals surface area contributed by atoms with Gasteiger partial charge in [0.1, 0.15) is 11.6 Å². The Morgan fingerprint density at radius 2 is 1.92 bits per heavy atom. The normalized spacial score (nSPS) is 20.8. The summed E-state index contributed by atoms with van der Waals surface area (Å²) in [5.74, 6) is -1.54. The number of rotatable bonds is 6. The summed E-state index contributed by atoms with van der Waals surface area (Å²) in [6.45, 7) is 2.09. The van der Waals surface area contributed by atoms with Gasteiger partial charge in [-0.15, -0.1) is 0 Å². The molecular formula is C17H23F2N3O2.